The monoisotopic (exact) mass is 211 g/mol. The molecule has 1 aromatic carbocycles. The molecule has 0 atom stereocenters. The van der Waals surface area contributed by atoms with Gasteiger partial charge in [0, 0.05) is 17.0 Å². The number of nitrogen functional groups attached to an aromatic ring is 1. The first-order valence-electron chi connectivity index (χ1n) is 5.30. The van der Waals surface area contributed by atoms with Crippen molar-refractivity contribution < 1.29 is 0 Å². The summed E-state index contributed by atoms with van der Waals surface area (Å²) in [5.74, 6) is 6.10. The van der Waals surface area contributed by atoms with Gasteiger partial charge in [-0.3, -0.25) is 9.66 Å². The minimum Gasteiger partial charge on any atom is -0.338 e. The summed E-state index contributed by atoms with van der Waals surface area (Å²) < 4.78 is 1.73. The summed E-state index contributed by atoms with van der Waals surface area (Å²) in [7, 11) is 0. The standard InChI is InChI=1S/C13H13N3/c1-8-3-4-12-11(7-8)10-5-6-15-9(2)13(10)16(12)14/h3-7H,14H2,1-2H3. The lowest BCUT2D eigenvalue weighted by Crippen LogP contribution is -2.08. The maximum Gasteiger partial charge on any atom is 0.0915 e. The van der Waals surface area contributed by atoms with Gasteiger partial charge in [0.1, 0.15) is 0 Å². The van der Waals surface area contributed by atoms with Crippen molar-refractivity contribution in [2.75, 3.05) is 5.84 Å². The number of hydrogen-bond donors (Lipinski definition) is 1. The van der Waals surface area contributed by atoms with Crippen molar-refractivity contribution >= 4 is 21.8 Å². The Morgan fingerprint density at radius 1 is 1.12 bits per heavy atom. The van der Waals surface area contributed by atoms with E-state index in [2.05, 4.69) is 30.1 Å². The summed E-state index contributed by atoms with van der Waals surface area (Å²) in [5.41, 5.74) is 4.28. The summed E-state index contributed by atoms with van der Waals surface area (Å²) in [6.45, 7) is 4.07. The molecular weight excluding hydrogens is 198 g/mol. The number of nitrogens with two attached hydrogens (primary N) is 1. The summed E-state index contributed by atoms with van der Waals surface area (Å²) in [4.78, 5) is 4.29. The molecule has 3 rings (SSSR count). The number of aryl methyl sites for hydroxylation is 2. The van der Waals surface area contributed by atoms with Gasteiger partial charge in [-0.15, -0.1) is 0 Å². The molecule has 0 saturated carbocycles. The first-order valence-corrected chi connectivity index (χ1v) is 5.30. The third kappa shape index (κ3) is 1.05. The fraction of sp³-hybridized carbons (Fsp3) is 0.154. The van der Waals surface area contributed by atoms with Crippen LogP contribution in [0.3, 0.4) is 0 Å². The summed E-state index contributed by atoms with van der Waals surface area (Å²) >= 11 is 0. The van der Waals surface area contributed by atoms with Gasteiger partial charge in [-0.25, -0.2) is 0 Å². The molecule has 3 heteroatoms. The molecule has 0 spiro atoms. The Hall–Kier alpha value is -2.03. The van der Waals surface area contributed by atoms with Crippen molar-refractivity contribution in [3.63, 3.8) is 0 Å². The van der Waals surface area contributed by atoms with E-state index in [9.17, 15) is 0 Å². The van der Waals surface area contributed by atoms with Crippen LogP contribution in [-0.2, 0) is 0 Å². The van der Waals surface area contributed by atoms with Crippen molar-refractivity contribution in [1.82, 2.24) is 9.66 Å². The molecule has 0 aliphatic heterocycles. The molecule has 16 heavy (non-hydrogen) atoms. The highest BCUT2D eigenvalue weighted by Gasteiger charge is 2.10. The van der Waals surface area contributed by atoms with E-state index in [1.54, 1.807) is 4.68 Å². The Labute approximate surface area is 93.5 Å². The van der Waals surface area contributed by atoms with Gasteiger partial charge in [0.25, 0.3) is 0 Å². The first kappa shape index (κ1) is 9.21. The molecule has 3 nitrogen and oxygen atoms in total. The maximum absolute atomic E-state index is 6.10. The van der Waals surface area contributed by atoms with Crippen LogP contribution in [0.25, 0.3) is 21.8 Å². The fourth-order valence-corrected chi connectivity index (χ4v) is 2.28. The van der Waals surface area contributed by atoms with Gasteiger partial charge in [0.05, 0.1) is 16.7 Å². The number of aromatic nitrogens is 2. The van der Waals surface area contributed by atoms with Crippen molar-refractivity contribution in [3.8, 4) is 0 Å². The molecule has 0 saturated heterocycles. The van der Waals surface area contributed by atoms with Crippen LogP contribution in [0.4, 0.5) is 0 Å². The molecule has 3 aromatic rings. The van der Waals surface area contributed by atoms with Crippen LogP contribution in [0.2, 0.25) is 0 Å². The second kappa shape index (κ2) is 2.98. The lowest BCUT2D eigenvalue weighted by molar-refractivity contribution is 1.08. The van der Waals surface area contributed by atoms with Crippen LogP contribution in [-0.4, -0.2) is 9.66 Å². The van der Waals surface area contributed by atoms with E-state index in [1.807, 2.05) is 19.2 Å². The van der Waals surface area contributed by atoms with Crippen molar-refractivity contribution in [2.24, 2.45) is 0 Å². The van der Waals surface area contributed by atoms with Gasteiger partial charge >= 0.3 is 0 Å². The van der Waals surface area contributed by atoms with Gasteiger partial charge in [-0.05, 0) is 32.0 Å². The molecular formula is C13H13N3. The van der Waals surface area contributed by atoms with E-state index in [-0.39, 0.29) is 0 Å². The van der Waals surface area contributed by atoms with Crippen molar-refractivity contribution in [2.45, 2.75) is 13.8 Å². The van der Waals surface area contributed by atoms with Gasteiger partial charge in [-0.1, -0.05) is 11.6 Å². The minimum atomic E-state index is 0.967. The predicted molar refractivity (Wildman–Crippen MR) is 66.9 cm³/mol. The molecule has 0 aliphatic rings. The van der Waals surface area contributed by atoms with Crippen molar-refractivity contribution in [1.29, 1.82) is 0 Å². The zero-order chi connectivity index (χ0) is 11.3. The largest absolute Gasteiger partial charge is 0.338 e. The molecule has 0 bridgehead atoms. The molecule has 0 amide bonds. The molecule has 0 fully saturated rings. The molecule has 2 aromatic heterocycles. The first-order chi connectivity index (χ1) is 7.68. The Morgan fingerprint density at radius 2 is 1.94 bits per heavy atom. The number of rotatable bonds is 0. The number of benzene rings is 1. The third-order valence-corrected chi connectivity index (χ3v) is 3.05. The van der Waals surface area contributed by atoms with E-state index in [0.717, 1.165) is 16.7 Å². The predicted octanol–water partition coefficient (Wildman–Crippen LogP) is 2.52. The molecule has 0 radical (unpaired) electrons. The second-order valence-corrected chi connectivity index (χ2v) is 4.18. The third-order valence-electron chi connectivity index (χ3n) is 3.05. The Morgan fingerprint density at radius 3 is 2.75 bits per heavy atom. The van der Waals surface area contributed by atoms with Gasteiger partial charge in [-0.2, -0.15) is 0 Å². The highest BCUT2D eigenvalue weighted by Crippen LogP contribution is 2.28. The smallest absolute Gasteiger partial charge is 0.0915 e. The van der Waals surface area contributed by atoms with Crippen LogP contribution in [0.1, 0.15) is 11.3 Å². The fourth-order valence-electron chi connectivity index (χ4n) is 2.28. The molecule has 2 N–H and O–H groups in total. The maximum atomic E-state index is 6.10. The van der Waals surface area contributed by atoms with Crippen molar-refractivity contribution in [3.05, 3.63) is 41.7 Å². The molecule has 0 aliphatic carbocycles. The molecule has 0 unspecified atom stereocenters. The number of pyridine rings is 1. The van der Waals surface area contributed by atoms with Gasteiger partial charge < -0.3 is 5.84 Å². The Balaban J connectivity index is 2.65. The topological polar surface area (TPSA) is 43.8 Å². The second-order valence-electron chi connectivity index (χ2n) is 4.18. The quantitative estimate of drug-likeness (QED) is 0.581. The highest BCUT2D eigenvalue weighted by atomic mass is 15.3. The van der Waals surface area contributed by atoms with Crippen LogP contribution < -0.4 is 5.84 Å². The summed E-state index contributed by atoms with van der Waals surface area (Å²) in [6.07, 6.45) is 1.83. The van der Waals surface area contributed by atoms with Crippen LogP contribution in [0, 0.1) is 13.8 Å². The Kier molecular flexibility index (Phi) is 1.72. The molecule has 2 heterocycles. The van der Waals surface area contributed by atoms with Crippen LogP contribution in [0.5, 0.6) is 0 Å². The van der Waals surface area contributed by atoms with E-state index in [0.29, 0.717) is 0 Å². The average molecular weight is 211 g/mol. The van der Waals surface area contributed by atoms with E-state index in [1.165, 1.54) is 16.3 Å². The van der Waals surface area contributed by atoms with Crippen LogP contribution in [0.15, 0.2) is 30.5 Å². The van der Waals surface area contributed by atoms with E-state index < -0.39 is 0 Å². The van der Waals surface area contributed by atoms with Crippen LogP contribution >= 0.6 is 0 Å². The average Bonchev–Trinajstić information content (AvgIpc) is 2.54. The highest BCUT2D eigenvalue weighted by molar-refractivity contribution is 6.08. The summed E-state index contributed by atoms with van der Waals surface area (Å²) in [6, 6.07) is 8.32. The van der Waals surface area contributed by atoms with Gasteiger partial charge in [0.15, 0.2) is 0 Å². The summed E-state index contributed by atoms with van der Waals surface area (Å²) in [5, 5.41) is 2.37. The Bertz CT molecular complexity index is 695. The number of hydrogen-bond acceptors (Lipinski definition) is 2. The SMILES string of the molecule is Cc1ccc2c(c1)c1ccnc(C)c1n2N. The van der Waals surface area contributed by atoms with E-state index >= 15 is 0 Å². The number of nitrogens with zero attached hydrogens (tertiary/aromatic N) is 2. The molecule has 80 valence electrons. The zero-order valence-electron chi connectivity index (χ0n) is 9.36. The minimum absolute atomic E-state index is 0.967. The lowest BCUT2D eigenvalue weighted by Gasteiger charge is -1.99. The van der Waals surface area contributed by atoms with Gasteiger partial charge in [0.2, 0.25) is 0 Å². The lowest BCUT2D eigenvalue weighted by atomic mass is 10.1. The zero-order valence-corrected chi connectivity index (χ0v) is 9.36. The van der Waals surface area contributed by atoms with E-state index in [4.69, 9.17) is 5.84 Å². The normalized spacial score (nSPS) is 11.4. The number of fused-ring (bicyclic) bond motifs is 3.